The number of nitrogens with two attached hydrogens (primary N) is 1. The minimum Gasteiger partial charge on any atom is -0.324 e. The molecule has 2 N–H and O–H groups in total. The van der Waals surface area contributed by atoms with E-state index in [-0.39, 0.29) is 6.04 Å². The highest BCUT2D eigenvalue weighted by molar-refractivity contribution is 5.18. The SMILES string of the molecule is C[C@H]1CCCCN1CC[C@@H](N)c1ccccc1. The molecule has 17 heavy (non-hydrogen) atoms. The number of rotatable bonds is 4. The monoisotopic (exact) mass is 232 g/mol. The molecule has 2 rings (SSSR count). The number of hydrogen-bond acceptors (Lipinski definition) is 2. The zero-order valence-corrected chi connectivity index (χ0v) is 10.8. The Hall–Kier alpha value is -0.860. The zero-order valence-electron chi connectivity index (χ0n) is 10.8. The number of likely N-dealkylation sites (tertiary alicyclic amines) is 1. The van der Waals surface area contributed by atoms with E-state index in [1.807, 2.05) is 6.07 Å². The molecule has 0 spiro atoms. The lowest BCUT2D eigenvalue weighted by Gasteiger charge is -2.34. The summed E-state index contributed by atoms with van der Waals surface area (Å²) < 4.78 is 0. The first kappa shape index (κ1) is 12.6. The molecule has 0 bridgehead atoms. The summed E-state index contributed by atoms with van der Waals surface area (Å²) in [6.07, 6.45) is 5.16. The van der Waals surface area contributed by atoms with Gasteiger partial charge in [0.15, 0.2) is 0 Å². The molecule has 1 saturated heterocycles. The third-order valence-electron chi connectivity index (χ3n) is 3.90. The first-order valence-electron chi connectivity index (χ1n) is 6.82. The molecular weight excluding hydrogens is 208 g/mol. The average molecular weight is 232 g/mol. The molecule has 0 saturated carbocycles. The lowest BCUT2D eigenvalue weighted by atomic mass is 10.0. The van der Waals surface area contributed by atoms with E-state index in [1.54, 1.807) is 0 Å². The van der Waals surface area contributed by atoms with E-state index >= 15 is 0 Å². The fourth-order valence-electron chi connectivity index (χ4n) is 2.66. The van der Waals surface area contributed by atoms with Gasteiger partial charge in [-0.25, -0.2) is 0 Å². The van der Waals surface area contributed by atoms with Gasteiger partial charge in [0.25, 0.3) is 0 Å². The van der Waals surface area contributed by atoms with E-state index in [9.17, 15) is 0 Å². The molecule has 1 fully saturated rings. The maximum atomic E-state index is 6.23. The Morgan fingerprint density at radius 3 is 2.76 bits per heavy atom. The van der Waals surface area contributed by atoms with E-state index in [0.717, 1.165) is 19.0 Å². The molecule has 0 aromatic heterocycles. The van der Waals surface area contributed by atoms with Crippen LogP contribution in [-0.4, -0.2) is 24.0 Å². The van der Waals surface area contributed by atoms with E-state index in [1.165, 1.54) is 31.4 Å². The van der Waals surface area contributed by atoms with Crippen molar-refractivity contribution in [2.75, 3.05) is 13.1 Å². The minimum atomic E-state index is 0.185. The Morgan fingerprint density at radius 2 is 2.06 bits per heavy atom. The van der Waals surface area contributed by atoms with E-state index in [0.29, 0.717) is 0 Å². The first-order valence-corrected chi connectivity index (χ1v) is 6.82. The summed E-state index contributed by atoms with van der Waals surface area (Å²) in [5.74, 6) is 0. The van der Waals surface area contributed by atoms with Crippen LogP contribution in [0.3, 0.4) is 0 Å². The molecule has 0 aliphatic carbocycles. The van der Waals surface area contributed by atoms with Crippen LogP contribution in [0.2, 0.25) is 0 Å². The van der Waals surface area contributed by atoms with Gasteiger partial charge in [0, 0.05) is 18.6 Å². The second-order valence-electron chi connectivity index (χ2n) is 5.19. The molecule has 2 nitrogen and oxygen atoms in total. The summed E-state index contributed by atoms with van der Waals surface area (Å²) in [6, 6.07) is 11.4. The van der Waals surface area contributed by atoms with Gasteiger partial charge in [-0.05, 0) is 38.3 Å². The highest BCUT2D eigenvalue weighted by Gasteiger charge is 2.18. The van der Waals surface area contributed by atoms with Crippen LogP contribution in [0.5, 0.6) is 0 Å². The summed E-state index contributed by atoms with van der Waals surface area (Å²) >= 11 is 0. The Balaban J connectivity index is 1.81. The van der Waals surface area contributed by atoms with Gasteiger partial charge in [0.2, 0.25) is 0 Å². The molecule has 94 valence electrons. The lowest BCUT2D eigenvalue weighted by Crippen LogP contribution is -2.38. The maximum Gasteiger partial charge on any atom is 0.0307 e. The van der Waals surface area contributed by atoms with Crippen molar-refractivity contribution in [1.29, 1.82) is 0 Å². The van der Waals surface area contributed by atoms with Crippen molar-refractivity contribution in [3.63, 3.8) is 0 Å². The summed E-state index contributed by atoms with van der Waals surface area (Å²) in [4.78, 5) is 2.59. The van der Waals surface area contributed by atoms with E-state index in [2.05, 4.69) is 36.1 Å². The summed E-state index contributed by atoms with van der Waals surface area (Å²) in [6.45, 7) is 4.73. The third-order valence-corrected chi connectivity index (χ3v) is 3.90. The normalized spacial score (nSPS) is 23.5. The van der Waals surface area contributed by atoms with Crippen molar-refractivity contribution in [3.05, 3.63) is 35.9 Å². The van der Waals surface area contributed by atoms with Gasteiger partial charge in [-0.1, -0.05) is 36.8 Å². The smallest absolute Gasteiger partial charge is 0.0307 e. The highest BCUT2D eigenvalue weighted by Crippen LogP contribution is 2.19. The number of piperidine rings is 1. The molecule has 0 unspecified atom stereocenters. The van der Waals surface area contributed by atoms with E-state index in [4.69, 9.17) is 5.73 Å². The Morgan fingerprint density at radius 1 is 1.29 bits per heavy atom. The summed E-state index contributed by atoms with van der Waals surface area (Å²) in [5, 5.41) is 0. The van der Waals surface area contributed by atoms with Crippen LogP contribution < -0.4 is 5.73 Å². The predicted molar refractivity (Wildman–Crippen MR) is 72.9 cm³/mol. The Labute approximate surface area is 105 Å². The molecule has 2 atom stereocenters. The van der Waals surface area contributed by atoms with Gasteiger partial charge in [-0.2, -0.15) is 0 Å². The van der Waals surface area contributed by atoms with Crippen LogP contribution in [0.25, 0.3) is 0 Å². The summed E-state index contributed by atoms with van der Waals surface area (Å²) in [5.41, 5.74) is 7.49. The standard InChI is InChI=1S/C15H24N2/c1-13-7-5-6-11-17(13)12-10-15(16)14-8-3-2-4-9-14/h2-4,8-9,13,15H,5-7,10-12,16H2,1H3/t13-,15+/m0/s1. The summed E-state index contributed by atoms with van der Waals surface area (Å²) in [7, 11) is 0. The van der Waals surface area contributed by atoms with Crippen LogP contribution in [-0.2, 0) is 0 Å². The molecule has 1 aliphatic heterocycles. The number of benzene rings is 1. The van der Waals surface area contributed by atoms with Crippen LogP contribution in [0.15, 0.2) is 30.3 Å². The molecule has 1 aromatic rings. The number of hydrogen-bond donors (Lipinski definition) is 1. The van der Waals surface area contributed by atoms with Crippen molar-refractivity contribution in [3.8, 4) is 0 Å². The van der Waals surface area contributed by atoms with Gasteiger partial charge in [0.1, 0.15) is 0 Å². The molecule has 1 aliphatic rings. The van der Waals surface area contributed by atoms with Crippen molar-refractivity contribution < 1.29 is 0 Å². The fourth-order valence-corrected chi connectivity index (χ4v) is 2.66. The van der Waals surface area contributed by atoms with Gasteiger partial charge < -0.3 is 10.6 Å². The topological polar surface area (TPSA) is 29.3 Å². The first-order chi connectivity index (χ1) is 8.27. The van der Waals surface area contributed by atoms with Gasteiger partial charge in [-0.15, -0.1) is 0 Å². The number of nitrogens with zero attached hydrogens (tertiary/aromatic N) is 1. The molecule has 1 heterocycles. The van der Waals surface area contributed by atoms with Crippen molar-refractivity contribution >= 4 is 0 Å². The van der Waals surface area contributed by atoms with E-state index < -0.39 is 0 Å². The van der Waals surface area contributed by atoms with Gasteiger partial charge >= 0.3 is 0 Å². The van der Waals surface area contributed by atoms with Crippen LogP contribution in [0.4, 0.5) is 0 Å². The predicted octanol–water partition coefficient (Wildman–Crippen LogP) is 2.95. The zero-order chi connectivity index (χ0) is 12.1. The largest absolute Gasteiger partial charge is 0.324 e. The second-order valence-corrected chi connectivity index (χ2v) is 5.19. The quantitative estimate of drug-likeness (QED) is 0.865. The van der Waals surface area contributed by atoms with Crippen LogP contribution in [0.1, 0.15) is 44.2 Å². The second kappa shape index (κ2) is 6.18. The molecule has 1 aromatic carbocycles. The molecule has 2 heteroatoms. The van der Waals surface area contributed by atoms with Gasteiger partial charge in [0.05, 0.1) is 0 Å². The third kappa shape index (κ3) is 3.55. The van der Waals surface area contributed by atoms with Crippen LogP contribution >= 0.6 is 0 Å². The molecule has 0 radical (unpaired) electrons. The van der Waals surface area contributed by atoms with Crippen molar-refractivity contribution in [2.45, 2.75) is 44.7 Å². The van der Waals surface area contributed by atoms with Gasteiger partial charge in [-0.3, -0.25) is 0 Å². The molecule has 0 amide bonds. The van der Waals surface area contributed by atoms with Crippen molar-refractivity contribution in [2.24, 2.45) is 5.73 Å². The Bertz CT molecular complexity index is 323. The lowest BCUT2D eigenvalue weighted by molar-refractivity contribution is 0.155. The fraction of sp³-hybridized carbons (Fsp3) is 0.600. The highest BCUT2D eigenvalue weighted by atomic mass is 15.2. The minimum absolute atomic E-state index is 0.185. The average Bonchev–Trinajstić information content (AvgIpc) is 2.38. The van der Waals surface area contributed by atoms with Crippen LogP contribution in [0, 0.1) is 0 Å². The maximum absolute atomic E-state index is 6.23. The Kier molecular flexibility index (Phi) is 4.57. The molecular formula is C15H24N2. The van der Waals surface area contributed by atoms with Crippen molar-refractivity contribution in [1.82, 2.24) is 4.90 Å².